The van der Waals surface area contributed by atoms with Crippen molar-refractivity contribution in [3.05, 3.63) is 218 Å². The van der Waals surface area contributed by atoms with Gasteiger partial charge in [0, 0.05) is 33.5 Å². The van der Waals surface area contributed by atoms with Crippen LogP contribution in [0.4, 0.5) is 17.1 Å². The number of anilines is 3. The largest absolute Gasteiger partial charge is 0.310 e. The monoisotopic (exact) mass is 712 g/mol. The summed E-state index contributed by atoms with van der Waals surface area (Å²) in [5, 5.41) is 10.0. The zero-order chi connectivity index (χ0) is 37.0. The van der Waals surface area contributed by atoms with Gasteiger partial charge in [0.15, 0.2) is 0 Å². The van der Waals surface area contributed by atoms with Gasteiger partial charge in [-0.25, -0.2) is 0 Å². The first-order valence-corrected chi connectivity index (χ1v) is 19.3. The van der Waals surface area contributed by atoms with Gasteiger partial charge in [-0.2, -0.15) is 0 Å². The SMILES string of the molecule is c1ccc(-n2c3ccccc3c3cc(-c4ccc(N(c5ccc(-c6ccc7ccccc7c6)cc5)c5ccc6ccc7ccccc7c6c5)cc4)ccc32)cc1. The Bertz CT molecular complexity index is 3230. The van der Waals surface area contributed by atoms with E-state index >= 15 is 0 Å². The molecule has 2 nitrogen and oxygen atoms in total. The van der Waals surface area contributed by atoms with E-state index in [1.165, 1.54) is 82.1 Å². The Morgan fingerprint density at radius 3 is 1.52 bits per heavy atom. The Kier molecular flexibility index (Phi) is 7.53. The van der Waals surface area contributed by atoms with Gasteiger partial charge in [-0.3, -0.25) is 0 Å². The Morgan fingerprint density at radius 2 is 0.768 bits per heavy atom. The zero-order valence-electron chi connectivity index (χ0n) is 30.7. The molecule has 0 aliphatic rings. The summed E-state index contributed by atoms with van der Waals surface area (Å²) in [5.74, 6) is 0. The second-order valence-electron chi connectivity index (χ2n) is 14.6. The molecule has 0 saturated heterocycles. The molecule has 0 atom stereocenters. The molecule has 0 saturated carbocycles. The molecule has 0 amide bonds. The highest BCUT2D eigenvalue weighted by atomic mass is 15.1. The van der Waals surface area contributed by atoms with E-state index in [-0.39, 0.29) is 0 Å². The van der Waals surface area contributed by atoms with Crippen molar-refractivity contribution in [1.29, 1.82) is 0 Å². The van der Waals surface area contributed by atoms with Gasteiger partial charge in [-0.1, -0.05) is 146 Å². The van der Waals surface area contributed by atoms with Crippen molar-refractivity contribution in [2.24, 2.45) is 0 Å². The van der Waals surface area contributed by atoms with Crippen LogP contribution in [0.5, 0.6) is 0 Å². The maximum absolute atomic E-state index is 2.38. The third-order valence-corrected chi connectivity index (χ3v) is 11.3. The average molecular weight is 713 g/mol. The summed E-state index contributed by atoms with van der Waals surface area (Å²) in [7, 11) is 0. The normalized spacial score (nSPS) is 11.6. The third kappa shape index (κ3) is 5.42. The lowest BCUT2D eigenvalue weighted by atomic mass is 9.99. The molecule has 0 unspecified atom stereocenters. The van der Waals surface area contributed by atoms with E-state index in [0.29, 0.717) is 0 Å². The third-order valence-electron chi connectivity index (χ3n) is 11.3. The highest BCUT2D eigenvalue weighted by Crippen LogP contribution is 2.40. The molecule has 11 rings (SSSR count). The average Bonchev–Trinajstić information content (AvgIpc) is 3.61. The Labute approximate surface area is 325 Å². The van der Waals surface area contributed by atoms with Crippen LogP contribution in [0.2, 0.25) is 0 Å². The van der Waals surface area contributed by atoms with Crippen molar-refractivity contribution in [2.75, 3.05) is 4.90 Å². The molecular weight excluding hydrogens is 677 g/mol. The van der Waals surface area contributed by atoms with E-state index in [1.807, 2.05) is 0 Å². The molecule has 1 heterocycles. The number of benzene rings is 10. The molecule has 0 aliphatic heterocycles. The fraction of sp³-hybridized carbons (Fsp3) is 0. The van der Waals surface area contributed by atoms with Crippen LogP contribution in [0.15, 0.2) is 218 Å². The molecule has 10 aromatic carbocycles. The van der Waals surface area contributed by atoms with Crippen molar-refractivity contribution >= 4 is 71.2 Å². The van der Waals surface area contributed by atoms with Crippen LogP contribution in [0, 0.1) is 0 Å². The summed E-state index contributed by atoms with van der Waals surface area (Å²) in [6.07, 6.45) is 0. The topological polar surface area (TPSA) is 8.17 Å². The van der Waals surface area contributed by atoms with E-state index < -0.39 is 0 Å². The van der Waals surface area contributed by atoms with Crippen LogP contribution in [0.3, 0.4) is 0 Å². The van der Waals surface area contributed by atoms with Crippen molar-refractivity contribution in [3.8, 4) is 27.9 Å². The molecule has 0 radical (unpaired) electrons. The van der Waals surface area contributed by atoms with Gasteiger partial charge in [0.05, 0.1) is 11.0 Å². The quantitative estimate of drug-likeness (QED) is 0.156. The zero-order valence-corrected chi connectivity index (χ0v) is 30.7. The minimum absolute atomic E-state index is 1.11. The van der Waals surface area contributed by atoms with Gasteiger partial charge in [-0.15, -0.1) is 0 Å². The lowest BCUT2D eigenvalue weighted by Gasteiger charge is -2.26. The molecule has 1 aromatic heterocycles. The maximum Gasteiger partial charge on any atom is 0.0541 e. The first kappa shape index (κ1) is 32.0. The Balaban J connectivity index is 1.01. The molecule has 0 bridgehead atoms. The van der Waals surface area contributed by atoms with Crippen LogP contribution < -0.4 is 4.90 Å². The number of hydrogen-bond donors (Lipinski definition) is 0. The second-order valence-corrected chi connectivity index (χ2v) is 14.6. The van der Waals surface area contributed by atoms with Gasteiger partial charge in [-0.05, 0) is 127 Å². The second kappa shape index (κ2) is 13.2. The summed E-state index contributed by atoms with van der Waals surface area (Å²) in [5.41, 5.74) is 11.7. The van der Waals surface area contributed by atoms with Crippen molar-refractivity contribution in [3.63, 3.8) is 0 Å². The molecule has 11 aromatic rings. The van der Waals surface area contributed by atoms with Gasteiger partial charge >= 0.3 is 0 Å². The van der Waals surface area contributed by atoms with E-state index in [1.54, 1.807) is 0 Å². The van der Waals surface area contributed by atoms with Crippen LogP contribution in [0.1, 0.15) is 0 Å². The number of fused-ring (bicyclic) bond motifs is 7. The van der Waals surface area contributed by atoms with Crippen LogP contribution >= 0.6 is 0 Å². The number of aromatic nitrogens is 1. The molecule has 56 heavy (non-hydrogen) atoms. The molecule has 0 spiro atoms. The molecule has 2 heteroatoms. The number of hydrogen-bond acceptors (Lipinski definition) is 1. The summed E-state index contributed by atoms with van der Waals surface area (Å²) < 4.78 is 2.37. The van der Waals surface area contributed by atoms with E-state index in [9.17, 15) is 0 Å². The first-order chi connectivity index (χ1) is 27.7. The van der Waals surface area contributed by atoms with Gasteiger partial charge in [0.2, 0.25) is 0 Å². The number of rotatable bonds is 6. The Morgan fingerprint density at radius 1 is 0.268 bits per heavy atom. The fourth-order valence-electron chi connectivity index (χ4n) is 8.56. The smallest absolute Gasteiger partial charge is 0.0541 e. The predicted octanol–water partition coefficient (Wildman–Crippen LogP) is 15.0. The molecule has 0 fully saturated rings. The van der Waals surface area contributed by atoms with Crippen LogP contribution in [0.25, 0.3) is 82.1 Å². The van der Waals surface area contributed by atoms with Crippen molar-refractivity contribution < 1.29 is 0 Å². The Hall–Kier alpha value is -7.42. The summed E-state index contributed by atoms with van der Waals surface area (Å²) >= 11 is 0. The number of nitrogens with zero attached hydrogens (tertiary/aromatic N) is 2. The minimum Gasteiger partial charge on any atom is -0.310 e. The first-order valence-electron chi connectivity index (χ1n) is 19.3. The molecular formula is C54H36N2. The summed E-state index contributed by atoms with van der Waals surface area (Å²) in [4.78, 5) is 2.38. The van der Waals surface area contributed by atoms with Crippen LogP contribution in [-0.4, -0.2) is 4.57 Å². The van der Waals surface area contributed by atoms with Crippen LogP contribution in [-0.2, 0) is 0 Å². The summed E-state index contributed by atoms with van der Waals surface area (Å²) in [6, 6.07) is 79.5. The summed E-state index contributed by atoms with van der Waals surface area (Å²) in [6.45, 7) is 0. The molecule has 262 valence electrons. The number of para-hydroxylation sites is 2. The van der Waals surface area contributed by atoms with E-state index in [4.69, 9.17) is 0 Å². The molecule has 0 N–H and O–H groups in total. The predicted molar refractivity (Wildman–Crippen MR) is 239 cm³/mol. The molecule has 0 aliphatic carbocycles. The van der Waals surface area contributed by atoms with E-state index in [0.717, 1.165) is 17.1 Å². The van der Waals surface area contributed by atoms with Gasteiger partial charge < -0.3 is 9.47 Å². The minimum atomic E-state index is 1.11. The van der Waals surface area contributed by atoms with E-state index in [2.05, 4.69) is 228 Å². The van der Waals surface area contributed by atoms with Gasteiger partial charge in [0.1, 0.15) is 0 Å². The van der Waals surface area contributed by atoms with Crippen molar-refractivity contribution in [2.45, 2.75) is 0 Å². The fourth-order valence-corrected chi connectivity index (χ4v) is 8.56. The maximum atomic E-state index is 2.38. The standard InChI is InChI=1S/C54H36N2/c1-2-13-45(14-3-1)56-53-17-9-8-16-50(53)52-35-44(27-33-54(52)56)39-24-30-47(31-25-39)55(48-32-26-41-20-19-40-11-6-7-15-49(40)51(41)36-48)46-28-22-38(23-29-46)43-21-18-37-10-4-5-12-42(37)34-43/h1-36H. The highest BCUT2D eigenvalue weighted by Gasteiger charge is 2.16. The van der Waals surface area contributed by atoms with Gasteiger partial charge in [0.25, 0.3) is 0 Å². The lowest BCUT2D eigenvalue weighted by Crippen LogP contribution is -2.09. The van der Waals surface area contributed by atoms with Crippen molar-refractivity contribution in [1.82, 2.24) is 4.57 Å². The lowest BCUT2D eigenvalue weighted by molar-refractivity contribution is 1.18. The highest BCUT2D eigenvalue weighted by molar-refractivity contribution is 6.11.